The second kappa shape index (κ2) is 8.96. The number of carbonyl (C=O) groups is 2. The van der Waals surface area contributed by atoms with Gasteiger partial charge in [-0.15, -0.1) is 0 Å². The fourth-order valence-corrected chi connectivity index (χ4v) is 4.17. The highest BCUT2D eigenvalue weighted by Gasteiger charge is 2.29. The Hall–Kier alpha value is -3.45. The predicted molar refractivity (Wildman–Crippen MR) is 124 cm³/mol. The van der Waals surface area contributed by atoms with Crippen molar-refractivity contribution in [3.05, 3.63) is 81.0 Å². The van der Waals surface area contributed by atoms with Crippen LogP contribution in [0.1, 0.15) is 43.3 Å². The molecule has 0 saturated carbocycles. The van der Waals surface area contributed by atoms with E-state index in [1.54, 1.807) is 34.2 Å². The van der Waals surface area contributed by atoms with Crippen molar-refractivity contribution in [2.75, 3.05) is 6.54 Å². The minimum Gasteiger partial charge on any atom is -0.335 e. The number of carbonyl (C=O) groups excluding carboxylic acids is 2. The van der Waals surface area contributed by atoms with Gasteiger partial charge in [-0.25, -0.2) is 4.98 Å². The SMILES string of the molecule is CCN(Cc1nc2cc(Cl)ccc2c(=O)[nH]1)C(=O)C[C@H]1c2ccccc2C=CN1C(C)=O. The first-order valence-electron chi connectivity index (χ1n) is 10.4. The highest BCUT2D eigenvalue weighted by molar-refractivity contribution is 6.31. The highest BCUT2D eigenvalue weighted by atomic mass is 35.5. The van der Waals surface area contributed by atoms with Crippen LogP contribution in [0, 0.1) is 0 Å². The number of aromatic amines is 1. The van der Waals surface area contributed by atoms with Crippen molar-refractivity contribution in [2.45, 2.75) is 32.9 Å². The quantitative estimate of drug-likeness (QED) is 0.639. The molecule has 1 N–H and O–H groups in total. The van der Waals surface area contributed by atoms with Gasteiger partial charge in [-0.2, -0.15) is 0 Å². The number of nitrogens with zero attached hydrogens (tertiary/aromatic N) is 3. The third-order valence-electron chi connectivity index (χ3n) is 5.63. The summed E-state index contributed by atoms with van der Waals surface area (Å²) in [4.78, 5) is 48.3. The normalized spacial score (nSPS) is 15.0. The van der Waals surface area contributed by atoms with E-state index in [1.807, 2.05) is 37.3 Å². The number of hydrogen-bond acceptors (Lipinski definition) is 4. The number of aromatic nitrogens is 2. The van der Waals surface area contributed by atoms with Crippen LogP contribution in [0.25, 0.3) is 17.0 Å². The molecule has 0 unspecified atom stereocenters. The van der Waals surface area contributed by atoms with E-state index in [0.29, 0.717) is 28.3 Å². The minimum absolute atomic E-state index is 0.123. The second-order valence-electron chi connectivity index (χ2n) is 7.67. The van der Waals surface area contributed by atoms with Crippen molar-refractivity contribution < 1.29 is 9.59 Å². The Labute approximate surface area is 190 Å². The molecule has 164 valence electrons. The standard InChI is InChI=1S/C24H23ClN4O3/c1-3-28(14-22-26-20-12-17(25)8-9-19(20)24(32)27-22)23(31)13-21-18-7-5-4-6-16(18)10-11-29(21)15(2)30/h4-12,21H,3,13-14H2,1-2H3,(H,26,27,32)/t21-/m0/s1. The molecule has 1 aliphatic heterocycles. The van der Waals surface area contributed by atoms with Gasteiger partial charge < -0.3 is 14.8 Å². The van der Waals surface area contributed by atoms with Gasteiger partial charge in [0.15, 0.2) is 0 Å². The molecule has 2 heterocycles. The first-order chi connectivity index (χ1) is 15.4. The number of nitrogens with one attached hydrogen (secondary N) is 1. The third kappa shape index (κ3) is 4.29. The van der Waals surface area contributed by atoms with Crippen LogP contribution in [-0.4, -0.2) is 38.1 Å². The Balaban J connectivity index is 1.59. The van der Waals surface area contributed by atoms with Crippen molar-refractivity contribution in [3.8, 4) is 0 Å². The summed E-state index contributed by atoms with van der Waals surface area (Å²) in [5, 5.41) is 0.925. The minimum atomic E-state index is -0.391. The lowest BCUT2D eigenvalue weighted by atomic mass is 9.93. The fourth-order valence-electron chi connectivity index (χ4n) is 4.00. The number of H-pyrrole nitrogens is 1. The van der Waals surface area contributed by atoms with E-state index in [2.05, 4.69) is 9.97 Å². The van der Waals surface area contributed by atoms with Gasteiger partial charge in [-0.1, -0.05) is 35.9 Å². The first-order valence-corrected chi connectivity index (χ1v) is 10.8. The molecule has 2 aromatic carbocycles. The molecule has 1 aromatic heterocycles. The summed E-state index contributed by atoms with van der Waals surface area (Å²) in [6.45, 7) is 3.94. The van der Waals surface area contributed by atoms with Crippen LogP contribution in [0.5, 0.6) is 0 Å². The van der Waals surface area contributed by atoms with Crippen LogP contribution < -0.4 is 5.56 Å². The number of benzene rings is 2. The third-order valence-corrected chi connectivity index (χ3v) is 5.86. The molecule has 8 heteroatoms. The molecule has 2 amide bonds. The molecular formula is C24H23ClN4O3. The largest absolute Gasteiger partial charge is 0.335 e. The molecule has 0 saturated heterocycles. The zero-order chi connectivity index (χ0) is 22.8. The molecule has 3 aromatic rings. The maximum Gasteiger partial charge on any atom is 0.258 e. The van der Waals surface area contributed by atoms with Gasteiger partial charge in [-0.3, -0.25) is 14.4 Å². The van der Waals surface area contributed by atoms with E-state index >= 15 is 0 Å². The van der Waals surface area contributed by atoms with E-state index in [4.69, 9.17) is 11.6 Å². The van der Waals surface area contributed by atoms with Crippen LogP contribution >= 0.6 is 11.6 Å². The Kier molecular flexibility index (Phi) is 6.10. The fraction of sp³-hybridized carbons (Fsp3) is 0.250. The van der Waals surface area contributed by atoms with Gasteiger partial charge in [0, 0.05) is 24.7 Å². The monoisotopic (exact) mass is 450 g/mol. The molecule has 32 heavy (non-hydrogen) atoms. The second-order valence-corrected chi connectivity index (χ2v) is 8.11. The summed E-state index contributed by atoms with van der Waals surface area (Å²) in [6.07, 6.45) is 3.73. The smallest absolute Gasteiger partial charge is 0.258 e. The number of hydrogen-bond donors (Lipinski definition) is 1. The average Bonchev–Trinajstić information content (AvgIpc) is 2.77. The molecule has 1 aliphatic rings. The number of fused-ring (bicyclic) bond motifs is 2. The molecular weight excluding hydrogens is 428 g/mol. The molecule has 0 fully saturated rings. The molecule has 0 aliphatic carbocycles. The molecule has 4 rings (SSSR count). The summed E-state index contributed by atoms with van der Waals surface area (Å²) >= 11 is 6.04. The van der Waals surface area contributed by atoms with E-state index in [9.17, 15) is 14.4 Å². The van der Waals surface area contributed by atoms with Crippen molar-refractivity contribution in [1.82, 2.24) is 19.8 Å². The van der Waals surface area contributed by atoms with Crippen molar-refractivity contribution in [3.63, 3.8) is 0 Å². The van der Waals surface area contributed by atoms with Crippen LogP contribution in [0.2, 0.25) is 5.02 Å². The maximum absolute atomic E-state index is 13.3. The Bertz CT molecular complexity index is 1280. The van der Waals surface area contributed by atoms with Crippen molar-refractivity contribution in [2.24, 2.45) is 0 Å². The number of rotatable bonds is 5. The topological polar surface area (TPSA) is 86.4 Å². The molecule has 0 radical (unpaired) electrons. The molecule has 7 nitrogen and oxygen atoms in total. The Morgan fingerprint density at radius 2 is 2.00 bits per heavy atom. The predicted octanol–water partition coefficient (Wildman–Crippen LogP) is 3.89. The average molecular weight is 451 g/mol. The lowest BCUT2D eigenvalue weighted by Crippen LogP contribution is -2.37. The van der Waals surface area contributed by atoms with E-state index in [0.717, 1.165) is 11.1 Å². The summed E-state index contributed by atoms with van der Waals surface area (Å²) in [5.74, 6) is 0.115. The van der Waals surface area contributed by atoms with Gasteiger partial charge >= 0.3 is 0 Å². The maximum atomic E-state index is 13.3. The van der Waals surface area contributed by atoms with Gasteiger partial charge in [0.2, 0.25) is 11.8 Å². The van der Waals surface area contributed by atoms with Gasteiger partial charge in [0.1, 0.15) is 5.82 Å². The zero-order valence-corrected chi connectivity index (χ0v) is 18.6. The lowest BCUT2D eigenvalue weighted by Gasteiger charge is -2.33. The lowest BCUT2D eigenvalue weighted by molar-refractivity contribution is -0.135. The van der Waals surface area contributed by atoms with Crippen LogP contribution in [0.3, 0.4) is 0 Å². The van der Waals surface area contributed by atoms with Crippen LogP contribution in [0.15, 0.2) is 53.5 Å². The van der Waals surface area contributed by atoms with Crippen LogP contribution in [0.4, 0.5) is 0 Å². The summed E-state index contributed by atoms with van der Waals surface area (Å²) < 4.78 is 0. The summed E-state index contributed by atoms with van der Waals surface area (Å²) in [7, 11) is 0. The van der Waals surface area contributed by atoms with E-state index in [1.165, 1.54) is 6.92 Å². The van der Waals surface area contributed by atoms with Crippen molar-refractivity contribution >= 4 is 40.4 Å². The molecule has 0 spiro atoms. The van der Waals surface area contributed by atoms with Gasteiger partial charge in [0.05, 0.1) is 29.9 Å². The summed E-state index contributed by atoms with van der Waals surface area (Å²) in [5.41, 5.74) is 2.12. The van der Waals surface area contributed by atoms with E-state index in [-0.39, 0.29) is 30.3 Å². The Morgan fingerprint density at radius 1 is 1.22 bits per heavy atom. The van der Waals surface area contributed by atoms with Crippen molar-refractivity contribution in [1.29, 1.82) is 0 Å². The van der Waals surface area contributed by atoms with Gasteiger partial charge in [-0.05, 0) is 42.3 Å². The Morgan fingerprint density at radius 3 is 2.75 bits per heavy atom. The van der Waals surface area contributed by atoms with Gasteiger partial charge in [0.25, 0.3) is 5.56 Å². The summed E-state index contributed by atoms with van der Waals surface area (Å²) in [6, 6.07) is 12.2. The van der Waals surface area contributed by atoms with Crippen LogP contribution in [-0.2, 0) is 16.1 Å². The first kappa shape index (κ1) is 21.8. The highest BCUT2D eigenvalue weighted by Crippen LogP contribution is 2.33. The zero-order valence-electron chi connectivity index (χ0n) is 17.8. The molecule has 1 atom stereocenters. The molecule has 0 bridgehead atoms. The van der Waals surface area contributed by atoms with E-state index < -0.39 is 6.04 Å². The number of amides is 2. The number of halogens is 1.